The van der Waals surface area contributed by atoms with Crippen LogP contribution >= 0.6 is 0 Å². The average molecular weight is 589 g/mol. The summed E-state index contributed by atoms with van der Waals surface area (Å²) in [6.07, 6.45) is 0. The number of hydrogen-bond donors (Lipinski definition) is 0. The fraction of sp³-hybridized carbons (Fsp3) is 0.0870. The Labute approximate surface area is 271 Å². The van der Waals surface area contributed by atoms with Gasteiger partial charge in [0.25, 0.3) is 0 Å². The Bertz CT molecular complexity index is 2260. The molecule has 0 nitrogen and oxygen atoms in total. The Kier molecular flexibility index (Phi) is 6.80. The van der Waals surface area contributed by atoms with Crippen LogP contribution in [0.2, 0.25) is 0 Å². The smallest absolute Gasteiger partial charge is 0.00259 e. The van der Waals surface area contributed by atoms with Crippen LogP contribution in [0.25, 0.3) is 76.8 Å². The highest BCUT2D eigenvalue weighted by Gasteiger charge is 2.19. The van der Waals surface area contributed by atoms with Crippen molar-refractivity contribution in [2.75, 3.05) is 0 Å². The fourth-order valence-electron chi connectivity index (χ4n) is 6.98. The molecule has 0 heterocycles. The van der Waals surface area contributed by atoms with Crippen molar-refractivity contribution < 1.29 is 0 Å². The molecule has 46 heavy (non-hydrogen) atoms. The van der Waals surface area contributed by atoms with Gasteiger partial charge in [0, 0.05) is 0 Å². The number of fused-ring (bicyclic) bond motifs is 3. The van der Waals surface area contributed by atoms with Crippen LogP contribution < -0.4 is 0 Å². The minimum absolute atomic E-state index is 0.118. The molecule has 8 aromatic carbocycles. The molecule has 0 fully saturated rings. The standard InChI is InChI=1S/C46H36/c1-46(2,3)39-25-24-33-26-35(23-22-34(33)30-39)44-40-18-10-12-20-42(40)45(43-21-13-11-19-41(43)44)38-28-36(31-14-6-4-7-15-31)27-37(29-38)32-16-8-5-9-17-32/h4-30H,1-3H3. The Morgan fingerprint density at radius 3 is 1.22 bits per heavy atom. The van der Waals surface area contributed by atoms with E-state index in [0.717, 1.165) is 0 Å². The summed E-state index contributed by atoms with van der Waals surface area (Å²) < 4.78 is 0. The third kappa shape index (κ3) is 4.97. The van der Waals surface area contributed by atoms with E-state index in [1.807, 2.05) is 0 Å². The molecular weight excluding hydrogens is 553 g/mol. The highest BCUT2D eigenvalue weighted by molar-refractivity contribution is 6.22. The maximum atomic E-state index is 2.37. The highest BCUT2D eigenvalue weighted by Crippen LogP contribution is 2.45. The Morgan fingerprint density at radius 2 is 0.717 bits per heavy atom. The van der Waals surface area contributed by atoms with Crippen molar-refractivity contribution >= 4 is 32.3 Å². The number of rotatable bonds is 4. The van der Waals surface area contributed by atoms with E-state index in [4.69, 9.17) is 0 Å². The van der Waals surface area contributed by atoms with E-state index >= 15 is 0 Å². The maximum Gasteiger partial charge on any atom is -0.00259 e. The van der Waals surface area contributed by atoms with E-state index < -0.39 is 0 Å². The van der Waals surface area contributed by atoms with Crippen LogP contribution in [-0.2, 0) is 5.41 Å². The minimum atomic E-state index is 0.118. The lowest BCUT2D eigenvalue weighted by atomic mass is 9.83. The lowest BCUT2D eigenvalue weighted by molar-refractivity contribution is 0.591. The summed E-state index contributed by atoms with van der Waals surface area (Å²) in [7, 11) is 0. The largest absolute Gasteiger partial charge is 0.0622 e. The second kappa shape index (κ2) is 11.2. The van der Waals surface area contributed by atoms with Crippen molar-refractivity contribution in [2.45, 2.75) is 26.2 Å². The quantitative estimate of drug-likeness (QED) is 0.179. The van der Waals surface area contributed by atoms with E-state index in [9.17, 15) is 0 Å². The van der Waals surface area contributed by atoms with Crippen molar-refractivity contribution in [3.05, 3.63) is 169 Å². The zero-order chi connectivity index (χ0) is 31.3. The van der Waals surface area contributed by atoms with Crippen LogP contribution in [0.15, 0.2) is 164 Å². The summed E-state index contributed by atoms with van der Waals surface area (Å²) in [5.74, 6) is 0. The van der Waals surface area contributed by atoms with E-state index in [1.165, 1.54) is 82.4 Å². The second-order valence-electron chi connectivity index (χ2n) is 13.4. The van der Waals surface area contributed by atoms with Crippen LogP contribution in [0.3, 0.4) is 0 Å². The van der Waals surface area contributed by atoms with Crippen molar-refractivity contribution in [1.82, 2.24) is 0 Å². The van der Waals surface area contributed by atoms with Gasteiger partial charge >= 0.3 is 0 Å². The summed E-state index contributed by atoms with van der Waals surface area (Å²) in [5, 5.41) is 7.63. The summed E-state index contributed by atoms with van der Waals surface area (Å²) in [5.41, 5.74) is 11.4. The van der Waals surface area contributed by atoms with E-state index in [1.54, 1.807) is 0 Å². The third-order valence-corrected chi connectivity index (χ3v) is 9.36. The van der Waals surface area contributed by atoms with Crippen molar-refractivity contribution in [1.29, 1.82) is 0 Å². The first-order valence-electron chi connectivity index (χ1n) is 16.2. The first kappa shape index (κ1) is 28.0. The summed E-state index contributed by atoms with van der Waals surface area (Å²) in [4.78, 5) is 0. The molecule has 0 saturated carbocycles. The highest BCUT2D eigenvalue weighted by atomic mass is 14.2. The molecule has 0 aliphatic rings. The maximum absolute atomic E-state index is 2.37. The molecule has 0 heteroatoms. The molecule has 0 aliphatic heterocycles. The first-order chi connectivity index (χ1) is 22.4. The molecule has 0 bridgehead atoms. The molecule has 8 aromatic rings. The van der Waals surface area contributed by atoms with Gasteiger partial charge in [0.1, 0.15) is 0 Å². The summed E-state index contributed by atoms with van der Waals surface area (Å²) in [6, 6.07) is 60.4. The molecule has 0 atom stereocenters. The Hall–Kier alpha value is -5.46. The molecule has 0 unspecified atom stereocenters. The van der Waals surface area contributed by atoms with Crippen LogP contribution in [0.4, 0.5) is 0 Å². The molecule has 0 saturated heterocycles. The lowest BCUT2D eigenvalue weighted by Gasteiger charge is -2.20. The van der Waals surface area contributed by atoms with Gasteiger partial charge in [0.2, 0.25) is 0 Å². The van der Waals surface area contributed by atoms with Crippen LogP contribution in [0.5, 0.6) is 0 Å². The van der Waals surface area contributed by atoms with Crippen LogP contribution in [0, 0.1) is 0 Å². The molecule has 0 aliphatic carbocycles. The zero-order valence-corrected chi connectivity index (χ0v) is 26.6. The Balaban J connectivity index is 1.41. The number of benzene rings is 8. The van der Waals surface area contributed by atoms with Gasteiger partial charge in [-0.1, -0.05) is 160 Å². The molecule has 0 spiro atoms. The molecular formula is C46H36. The van der Waals surface area contributed by atoms with Gasteiger partial charge in [0.15, 0.2) is 0 Å². The lowest BCUT2D eigenvalue weighted by Crippen LogP contribution is -2.10. The molecule has 220 valence electrons. The first-order valence-corrected chi connectivity index (χ1v) is 16.2. The van der Waals surface area contributed by atoms with Gasteiger partial charge in [-0.05, 0) is 112 Å². The van der Waals surface area contributed by atoms with E-state index in [2.05, 4.69) is 185 Å². The predicted molar refractivity (Wildman–Crippen MR) is 199 cm³/mol. The van der Waals surface area contributed by atoms with Crippen LogP contribution in [-0.4, -0.2) is 0 Å². The molecule has 0 aromatic heterocycles. The SMILES string of the molecule is CC(C)(C)c1ccc2cc(-c3c4ccccc4c(-c4cc(-c5ccccc5)cc(-c5ccccc5)c4)c4ccccc34)ccc2c1. The van der Waals surface area contributed by atoms with Crippen molar-refractivity contribution in [3.8, 4) is 44.5 Å². The molecule has 0 radical (unpaired) electrons. The fourth-order valence-corrected chi connectivity index (χ4v) is 6.98. The monoisotopic (exact) mass is 588 g/mol. The van der Waals surface area contributed by atoms with Crippen molar-refractivity contribution in [2.24, 2.45) is 0 Å². The zero-order valence-electron chi connectivity index (χ0n) is 26.6. The van der Waals surface area contributed by atoms with E-state index in [-0.39, 0.29) is 5.41 Å². The van der Waals surface area contributed by atoms with Crippen molar-refractivity contribution in [3.63, 3.8) is 0 Å². The van der Waals surface area contributed by atoms with Gasteiger partial charge in [-0.15, -0.1) is 0 Å². The molecule has 0 amide bonds. The van der Waals surface area contributed by atoms with Gasteiger partial charge < -0.3 is 0 Å². The van der Waals surface area contributed by atoms with Gasteiger partial charge in [-0.2, -0.15) is 0 Å². The normalized spacial score (nSPS) is 11.8. The van der Waals surface area contributed by atoms with E-state index in [0.29, 0.717) is 0 Å². The molecule has 0 N–H and O–H groups in total. The predicted octanol–water partition coefficient (Wildman–Crippen LogP) is 13.1. The average Bonchev–Trinajstić information content (AvgIpc) is 3.10. The van der Waals surface area contributed by atoms with Gasteiger partial charge in [-0.3, -0.25) is 0 Å². The summed E-state index contributed by atoms with van der Waals surface area (Å²) in [6.45, 7) is 6.84. The minimum Gasteiger partial charge on any atom is -0.0622 e. The second-order valence-corrected chi connectivity index (χ2v) is 13.4. The Morgan fingerprint density at radius 1 is 0.304 bits per heavy atom. The molecule has 8 rings (SSSR count). The van der Waals surface area contributed by atoms with Gasteiger partial charge in [0.05, 0.1) is 0 Å². The van der Waals surface area contributed by atoms with Crippen LogP contribution in [0.1, 0.15) is 26.3 Å². The summed E-state index contributed by atoms with van der Waals surface area (Å²) >= 11 is 0. The third-order valence-electron chi connectivity index (χ3n) is 9.36. The topological polar surface area (TPSA) is 0 Å². The van der Waals surface area contributed by atoms with Gasteiger partial charge in [-0.25, -0.2) is 0 Å². The number of hydrogen-bond acceptors (Lipinski definition) is 0.